The first-order chi connectivity index (χ1) is 13.9. The van der Waals surface area contributed by atoms with E-state index in [1.807, 2.05) is 37.3 Å². The van der Waals surface area contributed by atoms with Gasteiger partial charge in [-0.2, -0.15) is 0 Å². The minimum absolute atomic E-state index is 0.00170. The van der Waals surface area contributed by atoms with Crippen LogP contribution < -0.4 is 10.1 Å². The minimum Gasteiger partial charge on any atom is -0.484 e. The van der Waals surface area contributed by atoms with Crippen LogP contribution in [0.25, 0.3) is 0 Å². The lowest BCUT2D eigenvalue weighted by atomic mass is 9.75. The number of carbonyl (C=O) groups is 3. The number of likely N-dealkylation sites (tertiary alicyclic amines) is 1. The molecule has 0 aliphatic carbocycles. The third-order valence-electron chi connectivity index (χ3n) is 5.84. The van der Waals surface area contributed by atoms with Crippen LogP contribution in [0.2, 0.25) is 0 Å². The fourth-order valence-electron chi connectivity index (χ4n) is 4.24. The molecule has 7 nitrogen and oxygen atoms in total. The lowest BCUT2D eigenvalue weighted by Gasteiger charge is -2.40. The summed E-state index contributed by atoms with van der Waals surface area (Å²) >= 11 is 0. The van der Waals surface area contributed by atoms with Crippen molar-refractivity contribution in [3.05, 3.63) is 42.5 Å². The second kappa shape index (κ2) is 8.68. The number of hydrogen-bond donors (Lipinski definition) is 1. The summed E-state index contributed by atoms with van der Waals surface area (Å²) in [5, 5.41) is 2.95. The number of nitrogens with zero attached hydrogens (tertiary/aromatic N) is 2. The van der Waals surface area contributed by atoms with Crippen LogP contribution in [0.1, 0.15) is 33.1 Å². The number of rotatable bonds is 7. The third kappa shape index (κ3) is 4.28. The van der Waals surface area contributed by atoms with Crippen molar-refractivity contribution in [2.45, 2.75) is 38.6 Å². The number of amides is 4. The van der Waals surface area contributed by atoms with E-state index in [4.69, 9.17) is 4.74 Å². The third-order valence-corrected chi connectivity index (χ3v) is 5.84. The number of imide groups is 1. The molecule has 29 heavy (non-hydrogen) atoms. The van der Waals surface area contributed by atoms with Crippen LogP contribution in [-0.2, 0) is 9.59 Å². The van der Waals surface area contributed by atoms with E-state index in [0.29, 0.717) is 38.1 Å². The van der Waals surface area contributed by atoms with Crippen molar-refractivity contribution in [3.63, 3.8) is 0 Å². The molecule has 1 aromatic carbocycles. The van der Waals surface area contributed by atoms with Gasteiger partial charge < -0.3 is 15.0 Å². The Hall–Kier alpha value is -2.83. The lowest BCUT2D eigenvalue weighted by molar-refractivity contribution is -0.137. The highest BCUT2D eigenvalue weighted by atomic mass is 16.5. The molecule has 7 heteroatoms. The van der Waals surface area contributed by atoms with Crippen molar-refractivity contribution in [1.29, 1.82) is 0 Å². The van der Waals surface area contributed by atoms with Gasteiger partial charge in [0.25, 0.3) is 11.8 Å². The maximum atomic E-state index is 13.1. The van der Waals surface area contributed by atoms with Gasteiger partial charge in [0.2, 0.25) is 0 Å². The van der Waals surface area contributed by atoms with Gasteiger partial charge in [0.05, 0.1) is 6.54 Å². The maximum Gasteiger partial charge on any atom is 0.325 e. The summed E-state index contributed by atoms with van der Waals surface area (Å²) in [6.07, 6.45) is 1.86. The summed E-state index contributed by atoms with van der Waals surface area (Å²) in [5.74, 6) is 0.421. The fourth-order valence-corrected chi connectivity index (χ4v) is 4.24. The monoisotopic (exact) mass is 399 g/mol. The molecular formula is C22H29N3O4. The number of piperidine rings is 1. The molecule has 156 valence electrons. The van der Waals surface area contributed by atoms with Crippen LogP contribution in [0.15, 0.2) is 42.5 Å². The van der Waals surface area contributed by atoms with Gasteiger partial charge >= 0.3 is 6.03 Å². The molecule has 0 aromatic heterocycles. The normalized spacial score (nSPS) is 22.6. The van der Waals surface area contributed by atoms with Gasteiger partial charge in [0, 0.05) is 13.1 Å². The molecule has 1 atom stereocenters. The van der Waals surface area contributed by atoms with Crippen LogP contribution in [0, 0.1) is 5.92 Å². The van der Waals surface area contributed by atoms with Crippen LogP contribution in [0.3, 0.4) is 0 Å². The topological polar surface area (TPSA) is 79.0 Å². The summed E-state index contributed by atoms with van der Waals surface area (Å²) in [5.41, 5.74) is -0.124. The maximum absolute atomic E-state index is 13.1. The molecule has 2 fully saturated rings. The Kier molecular flexibility index (Phi) is 6.25. The zero-order chi connectivity index (χ0) is 21.0. The van der Waals surface area contributed by atoms with Gasteiger partial charge in [0.1, 0.15) is 11.3 Å². The van der Waals surface area contributed by atoms with E-state index >= 15 is 0 Å². The number of para-hydroxylation sites is 1. The molecule has 2 saturated heterocycles. The zero-order valence-electron chi connectivity index (χ0n) is 17.1. The summed E-state index contributed by atoms with van der Waals surface area (Å²) in [7, 11) is 0. The Labute approximate surface area is 171 Å². The molecule has 2 heterocycles. The van der Waals surface area contributed by atoms with Gasteiger partial charge in [-0.1, -0.05) is 37.3 Å². The summed E-state index contributed by atoms with van der Waals surface area (Å²) in [4.78, 5) is 41.0. The zero-order valence-corrected chi connectivity index (χ0v) is 17.1. The van der Waals surface area contributed by atoms with Gasteiger partial charge in [-0.3, -0.25) is 14.5 Å². The van der Waals surface area contributed by atoms with Gasteiger partial charge in [-0.15, -0.1) is 0 Å². The molecule has 4 amide bonds. The molecule has 0 radical (unpaired) electrons. The highest BCUT2D eigenvalue weighted by Crippen LogP contribution is 2.36. The van der Waals surface area contributed by atoms with E-state index in [0.717, 1.165) is 5.57 Å². The number of ether oxygens (including phenoxy) is 1. The molecule has 0 bridgehead atoms. The largest absolute Gasteiger partial charge is 0.484 e. The van der Waals surface area contributed by atoms with Crippen LogP contribution in [0.5, 0.6) is 5.75 Å². The number of urea groups is 1. The average molecular weight is 399 g/mol. The van der Waals surface area contributed by atoms with Crippen LogP contribution in [0.4, 0.5) is 4.79 Å². The predicted octanol–water partition coefficient (Wildman–Crippen LogP) is 2.58. The molecule has 3 rings (SSSR count). The molecule has 1 N–H and O–H groups in total. The van der Waals surface area contributed by atoms with E-state index in [1.54, 1.807) is 11.8 Å². The molecule has 1 aromatic rings. The van der Waals surface area contributed by atoms with Crippen LogP contribution >= 0.6 is 0 Å². The Morgan fingerprint density at radius 2 is 1.90 bits per heavy atom. The van der Waals surface area contributed by atoms with E-state index in [2.05, 4.69) is 11.9 Å². The van der Waals surface area contributed by atoms with Crippen molar-refractivity contribution in [2.75, 3.05) is 26.2 Å². The van der Waals surface area contributed by atoms with E-state index in [9.17, 15) is 14.4 Å². The highest BCUT2D eigenvalue weighted by Gasteiger charge is 2.54. The summed E-state index contributed by atoms with van der Waals surface area (Å²) in [6, 6.07) is 8.89. The molecule has 0 spiro atoms. The Morgan fingerprint density at radius 3 is 2.48 bits per heavy atom. The predicted molar refractivity (Wildman–Crippen MR) is 109 cm³/mol. The van der Waals surface area contributed by atoms with Gasteiger partial charge in [0.15, 0.2) is 6.61 Å². The molecule has 2 aliphatic heterocycles. The standard InChI is InChI=1S/C22H29N3O4/c1-4-22(20(27)25(14-16(2)3)21(28)23-22)17-10-12-24(13-11-17)19(26)15-29-18-8-6-5-7-9-18/h5-9,17H,2,4,10-15H2,1,3H3,(H,23,28)/t22-/m0/s1. The number of nitrogens with one attached hydrogen (secondary N) is 1. The van der Waals surface area contributed by atoms with Crippen molar-refractivity contribution >= 4 is 17.8 Å². The fraction of sp³-hybridized carbons (Fsp3) is 0.500. The average Bonchev–Trinajstić information content (AvgIpc) is 2.97. The minimum atomic E-state index is -0.887. The second-order valence-corrected chi connectivity index (χ2v) is 7.86. The Morgan fingerprint density at radius 1 is 1.24 bits per heavy atom. The Bertz CT molecular complexity index is 787. The Balaban J connectivity index is 1.59. The molecule has 2 aliphatic rings. The smallest absolute Gasteiger partial charge is 0.325 e. The number of carbonyl (C=O) groups excluding carboxylic acids is 3. The first-order valence-corrected chi connectivity index (χ1v) is 10.1. The quantitative estimate of drug-likeness (QED) is 0.565. The highest BCUT2D eigenvalue weighted by molar-refractivity contribution is 6.07. The summed E-state index contributed by atoms with van der Waals surface area (Å²) in [6.45, 7) is 8.87. The second-order valence-electron chi connectivity index (χ2n) is 7.86. The van der Waals surface area contributed by atoms with E-state index < -0.39 is 5.54 Å². The SMILES string of the molecule is C=C(C)CN1C(=O)N[C@@](CC)(C2CCN(C(=O)COc3ccccc3)CC2)C1=O. The lowest BCUT2D eigenvalue weighted by Crippen LogP contribution is -2.56. The van der Waals surface area contributed by atoms with Crippen LogP contribution in [-0.4, -0.2) is 59.4 Å². The molecule has 0 unspecified atom stereocenters. The van der Waals surface area contributed by atoms with E-state index in [1.165, 1.54) is 4.90 Å². The number of benzene rings is 1. The van der Waals surface area contributed by atoms with Crippen molar-refractivity contribution in [3.8, 4) is 5.75 Å². The molecular weight excluding hydrogens is 370 g/mol. The molecule has 0 saturated carbocycles. The summed E-state index contributed by atoms with van der Waals surface area (Å²) < 4.78 is 5.55. The number of hydrogen-bond acceptors (Lipinski definition) is 4. The van der Waals surface area contributed by atoms with Crippen molar-refractivity contribution in [1.82, 2.24) is 15.1 Å². The van der Waals surface area contributed by atoms with Gasteiger partial charge in [-0.05, 0) is 44.2 Å². The first kappa shape index (κ1) is 20.9. The first-order valence-electron chi connectivity index (χ1n) is 10.1. The van der Waals surface area contributed by atoms with Crippen molar-refractivity contribution < 1.29 is 19.1 Å². The van der Waals surface area contributed by atoms with E-state index in [-0.39, 0.29) is 36.9 Å². The van der Waals surface area contributed by atoms with Crippen molar-refractivity contribution in [2.24, 2.45) is 5.92 Å². The van der Waals surface area contributed by atoms with Gasteiger partial charge in [-0.25, -0.2) is 4.79 Å².